The molecule has 0 fully saturated rings. The molecule has 0 saturated carbocycles. The minimum atomic E-state index is -3.43. The second-order valence-electron chi connectivity index (χ2n) is 7.65. The molecule has 3 rings (SSSR count). The smallest absolute Gasteiger partial charge is 0.339 e. The summed E-state index contributed by atoms with van der Waals surface area (Å²) < 4.78 is 30.9. The van der Waals surface area contributed by atoms with Gasteiger partial charge in [0.05, 0.1) is 17.3 Å². The fourth-order valence-corrected chi connectivity index (χ4v) is 4.79. The van der Waals surface area contributed by atoms with Gasteiger partial charge in [-0.25, -0.2) is 13.2 Å². The number of hydrogen-bond donors (Lipinski definition) is 2. The Bertz CT molecular complexity index is 1190. The Morgan fingerprint density at radius 3 is 2.28 bits per heavy atom. The van der Waals surface area contributed by atoms with Crippen molar-refractivity contribution >= 4 is 15.8 Å². The molecule has 0 aromatic heterocycles. The van der Waals surface area contributed by atoms with Gasteiger partial charge in [-0.05, 0) is 43.2 Å². The Labute approximate surface area is 188 Å². The van der Waals surface area contributed by atoms with Crippen molar-refractivity contribution in [3.05, 3.63) is 89.0 Å². The van der Waals surface area contributed by atoms with Crippen LogP contribution in [-0.2, 0) is 9.84 Å². The van der Waals surface area contributed by atoms with E-state index in [4.69, 9.17) is 4.74 Å². The fourth-order valence-electron chi connectivity index (χ4n) is 3.51. The van der Waals surface area contributed by atoms with E-state index in [-0.39, 0.29) is 40.9 Å². The van der Waals surface area contributed by atoms with Crippen molar-refractivity contribution < 1.29 is 28.2 Å². The van der Waals surface area contributed by atoms with E-state index in [1.807, 2.05) is 44.2 Å². The van der Waals surface area contributed by atoms with E-state index in [2.05, 4.69) is 0 Å². The summed E-state index contributed by atoms with van der Waals surface area (Å²) in [4.78, 5) is 11.8. The number of carboxylic acid groups (broad SMARTS) is 1. The van der Waals surface area contributed by atoms with Crippen molar-refractivity contribution in [1.82, 2.24) is 0 Å². The minimum Gasteiger partial charge on any atom is -0.507 e. The summed E-state index contributed by atoms with van der Waals surface area (Å²) in [5.74, 6) is -1.67. The van der Waals surface area contributed by atoms with Crippen LogP contribution >= 0.6 is 0 Å². The molecule has 0 bridgehead atoms. The van der Waals surface area contributed by atoms with Gasteiger partial charge in [-0.1, -0.05) is 55.0 Å². The van der Waals surface area contributed by atoms with Crippen molar-refractivity contribution in [2.24, 2.45) is 0 Å². The molecule has 0 spiro atoms. The molecule has 3 aromatic carbocycles. The van der Waals surface area contributed by atoms with E-state index in [0.717, 1.165) is 11.1 Å². The lowest BCUT2D eigenvalue weighted by Gasteiger charge is -2.20. The molecule has 0 saturated heterocycles. The second-order valence-corrected chi connectivity index (χ2v) is 9.75. The van der Waals surface area contributed by atoms with Crippen molar-refractivity contribution in [3.63, 3.8) is 0 Å². The maximum absolute atomic E-state index is 12.5. The molecule has 2 N–H and O–H groups in total. The normalized spacial score (nSPS) is 12.3. The number of rotatable bonds is 9. The monoisotopic (exact) mass is 454 g/mol. The van der Waals surface area contributed by atoms with Gasteiger partial charge in [0.15, 0.2) is 9.84 Å². The van der Waals surface area contributed by atoms with Crippen molar-refractivity contribution in [1.29, 1.82) is 0 Å². The molecular weight excluding hydrogens is 428 g/mol. The number of aromatic hydroxyl groups is 1. The van der Waals surface area contributed by atoms with Crippen LogP contribution in [0.3, 0.4) is 0 Å². The third kappa shape index (κ3) is 5.29. The summed E-state index contributed by atoms with van der Waals surface area (Å²) in [6, 6.07) is 18.9. The van der Waals surface area contributed by atoms with Gasteiger partial charge in [0.1, 0.15) is 17.1 Å². The van der Waals surface area contributed by atoms with Crippen molar-refractivity contribution in [2.75, 3.05) is 12.4 Å². The summed E-state index contributed by atoms with van der Waals surface area (Å²) in [6.07, 6.45) is 0.247. The number of aromatic carboxylic acids is 1. The Balaban J connectivity index is 1.78. The molecule has 1 atom stereocenters. The number of hydrogen-bond acceptors (Lipinski definition) is 5. The average molecular weight is 455 g/mol. The zero-order valence-corrected chi connectivity index (χ0v) is 18.8. The zero-order valence-electron chi connectivity index (χ0n) is 18.0. The lowest BCUT2D eigenvalue weighted by molar-refractivity contribution is 0.0693. The Kier molecular flexibility index (Phi) is 7.20. The van der Waals surface area contributed by atoms with Gasteiger partial charge in [0.2, 0.25) is 0 Å². The topological polar surface area (TPSA) is 101 Å². The number of phenols is 1. The molecule has 6 nitrogen and oxygen atoms in total. The standard InChI is InChI=1S/C25H26O6S/c1-17-9-11-20(12-10-17)32(29,30)16-6-15-31-22-14-13-21(25(27)28)24(26)23(22)18(2)19-7-4-3-5-8-19/h3-5,7-14,18,26H,6,15-16H2,1-2H3,(H,27,28). The maximum atomic E-state index is 12.5. The highest BCUT2D eigenvalue weighted by atomic mass is 32.2. The number of ether oxygens (including phenoxy) is 1. The van der Waals surface area contributed by atoms with Crippen LogP contribution in [0.2, 0.25) is 0 Å². The average Bonchev–Trinajstić information content (AvgIpc) is 2.77. The van der Waals surface area contributed by atoms with Crippen LogP contribution in [-0.4, -0.2) is 37.0 Å². The van der Waals surface area contributed by atoms with E-state index >= 15 is 0 Å². The molecular formula is C25H26O6S. The quantitative estimate of drug-likeness (QED) is 0.451. The molecule has 0 amide bonds. The van der Waals surface area contributed by atoms with Gasteiger partial charge in [0, 0.05) is 11.5 Å². The number of aryl methyl sites for hydroxylation is 1. The molecule has 0 aliphatic heterocycles. The zero-order chi connectivity index (χ0) is 23.3. The highest BCUT2D eigenvalue weighted by Gasteiger charge is 2.23. The summed E-state index contributed by atoms with van der Waals surface area (Å²) in [6.45, 7) is 3.85. The third-order valence-corrected chi connectivity index (χ3v) is 7.15. The summed E-state index contributed by atoms with van der Waals surface area (Å²) >= 11 is 0. The molecule has 32 heavy (non-hydrogen) atoms. The lowest BCUT2D eigenvalue weighted by Crippen LogP contribution is -2.12. The lowest BCUT2D eigenvalue weighted by atomic mass is 9.90. The van der Waals surface area contributed by atoms with E-state index in [9.17, 15) is 23.4 Å². The predicted molar refractivity (Wildman–Crippen MR) is 122 cm³/mol. The fraction of sp³-hybridized carbons (Fsp3) is 0.240. The van der Waals surface area contributed by atoms with E-state index in [1.165, 1.54) is 12.1 Å². The highest BCUT2D eigenvalue weighted by molar-refractivity contribution is 7.91. The van der Waals surface area contributed by atoms with E-state index < -0.39 is 15.8 Å². The molecule has 7 heteroatoms. The second kappa shape index (κ2) is 9.87. The molecule has 0 heterocycles. The summed E-state index contributed by atoms with van der Waals surface area (Å²) in [5.41, 5.74) is 2.02. The molecule has 168 valence electrons. The molecule has 0 radical (unpaired) electrons. The Morgan fingerprint density at radius 2 is 1.66 bits per heavy atom. The first-order valence-corrected chi connectivity index (χ1v) is 11.9. The number of carboxylic acids is 1. The van der Waals surface area contributed by atoms with Gasteiger partial charge >= 0.3 is 5.97 Å². The SMILES string of the molecule is Cc1ccc(S(=O)(=O)CCCOc2ccc(C(=O)O)c(O)c2C(C)c2ccccc2)cc1. The number of carbonyl (C=O) groups is 1. The van der Waals surface area contributed by atoms with Gasteiger partial charge in [-0.3, -0.25) is 0 Å². The van der Waals surface area contributed by atoms with Crippen LogP contribution in [0.15, 0.2) is 71.6 Å². The van der Waals surface area contributed by atoms with Crippen molar-refractivity contribution in [3.8, 4) is 11.5 Å². The van der Waals surface area contributed by atoms with Gasteiger partial charge in [0.25, 0.3) is 0 Å². The summed E-state index contributed by atoms with van der Waals surface area (Å²) in [5, 5.41) is 20.1. The minimum absolute atomic E-state index is 0.0845. The van der Waals surface area contributed by atoms with Crippen LogP contribution < -0.4 is 4.74 Å². The largest absolute Gasteiger partial charge is 0.507 e. The third-order valence-electron chi connectivity index (χ3n) is 5.34. The van der Waals surface area contributed by atoms with Crippen LogP contribution in [0.4, 0.5) is 0 Å². The number of sulfone groups is 1. The highest BCUT2D eigenvalue weighted by Crippen LogP contribution is 2.40. The van der Waals surface area contributed by atoms with Gasteiger partial charge in [-0.2, -0.15) is 0 Å². The van der Waals surface area contributed by atoms with Gasteiger partial charge in [-0.15, -0.1) is 0 Å². The van der Waals surface area contributed by atoms with Crippen LogP contribution in [0, 0.1) is 6.92 Å². The maximum Gasteiger partial charge on any atom is 0.339 e. The molecule has 0 aliphatic rings. The number of benzene rings is 3. The predicted octanol–water partition coefficient (Wildman–Crippen LogP) is 4.79. The molecule has 3 aromatic rings. The first kappa shape index (κ1) is 23.3. The van der Waals surface area contributed by atoms with Gasteiger partial charge < -0.3 is 14.9 Å². The summed E-state index contributed by atoms with van der Waals surface area (Å²) in [7, 11) is -3.43. The first-order valence-electron chi connectivity index (χ1n) is 10.3. The van der Waals surface area contributed by atoms with E-state index in [1.54, 1.807) is 24.3 Å². The molecule has 0 aliphatic carbocycles. The Hall–Kier alpha value is -3.32. The first-order chi connectivity index (χ1) is 15.2. The Morgan fingerprint density at radius 1 is 1.00 bits per heavy atom. The van der Waals surface area contributed by atoms with E-state index in [0.29, 0.717) is 11.3 Å². The van der Waals surface area contributed by atoms with Crippen molar-refractivity contribution in [2.45, 2.75) is 31.1 Å². The van der Waals surface area contributed by atoms with Crippen LogP contribution in [0.5, 0.6) is 11.5 Å². The van der Waals surface area contributed by atoms with Crippen LogP contribution in [0.1, 0.15) is 46.3 Å². The van der Waals surface area contributed by atoms with Crippen LogP contribution in [0.25, 0.3) is 0 Å². The molecule has 1 unspecified atom stereocenters.